The average Bonchev–Trinajstić information content (AvgIpc) is 2.97. The van der Waals surface area contributed by atoms with Gasteiger partial charge in [-0.05, 0) is 64.3 Å². The maximum absolute atomic E-state index is 12.9. The number of carbonyl (C=O) groups is 1. The molecule has 1 aromatic rings. The van der Waals surface area contributed by atoms with Gasteiger partial charge in [-0.3, -0.25) is 4.79 Å². The highest BCUT2D eigenvalue weighted by atomic mass is 16.2. The molecule has 0 unspecified atom stereocenters. The number of nitrogens with one attached hydrogen (secondary N) is 1. The smallest absolute Gasteiger partial charge is 0.270 e. The van der Waals surface area contributed by atoms with Crippen LogP contribution in [0.3, 0.4) is 0 Å². The summed E-state index contributed by atoms with van der Waals surface area (Å²) in [4.78, 5) is 14.9. The Morgan fingerprint density at radius 3 is 2.76 bits per heavy atom. The summed E-state index contributed by atoms with van der Waals surface area (Å²) in [6.07, 6.45) is 5.38. The Balaban J connectivity index is 2.08. The minimum atomic E-state index is 0.189. The molecule has 0 aromatic carbocycles. The first kappa shape index (κ1) is 16.1. The Bertz CT molecular complexity index is 447. The zero-order valence-electron chi connectivity index (χ0n) is 13.6. The van der Waals surface area contributed by atoms with E-state index in [1.807, 2.05) is 18.3 Å². The van der Waals surface area contributed by atoms with Crippen LogP contribution in [-0.4, -0.2) is 41.6 Å². The third kappa shape index (κ3) is 4.10. The van der Waals surface area contributed by atoms with Crippen LogP contribution in [0.5, 0.6) is 0 Å². The van der Waals surface area contributed by atoms with E-state index in [1.165, 1.54) is 12.8 Å². The third-order valence-corrected chi connectivity index (χ3v) is 4.27. The van der Waals surface area contributed by atoms with Crippen LogP contribution in [0.2, 0.25) is 0 Å². The van der Waals surface area contributed by atoms with Crippen molar-refractivity contribution >= 4 is 5.91 Å². The van der Waals surface area contributed by atoms with E-state index in [1.54, 1.807) is 0 Å². The van der Waals surface area contributed by atoms with Crippen LogP contribution < -0.4 is 5.32 Å². The number of amides is 1. The minimum Gasteiger partial charge on any atom is -0.341 e. The molecule has 1 aliphatic heterocycles. The number of aromatic nitrogens is 1. The molecule has 0 saturated carbocycles. The quantitative estimate of drug-likeness (QED) is 0.875. The lowest BCUT2D eigenvalue weighted by molar-refractivity contribution is 0.0704. The predicted octanol–water partition coefficient (Wildman–Crippen LogP) is 2.92. The number of nitrogens with zero attached hydrogens (tertiary/aromatic N) is 2. The highest BCUT2D eigenvalue weighted by Gasteiger charge is 2.23. The van der Waals surface area contributed by atoms with E-state index in [2.05, 4.69) is 35.6 Å². The molecule has 0 aliphatic carbocycles. The monoisotopic (exact) mass is 291 g/mol. The summed E-state index contributed by atoms with van der Waals surface area (Å²) in [5.41, 5.74) is 0.826. The van der Waals surface area contributed by atoms with Gasteiger partial charge in [-0.1, -0.05) is 6.92 Å². The van der Waals surface area contributed by atoms with Gasteiger partial charge in [0.1, 0.15) is 5.69 Å². The largest absolute Gasteiger partial charge is 0.341 e. The van der Waals surface area contributed by atoms with E-state index >= 15 is 0 Å². The summed E-state index contributed by atoms with van der Waals surface area (Å²) in [5, 5.41) is 3.39. The van der Waals surface area contributed by atoms with Crippen LogP contribution in [0.25, 0.3) is 0 Å². The fourth-order valence-electron chi connectivity index (χ4n) is 3.11. The molecule has 0 radical (unpaired) electrons. The van der Waals surface area contributed by atoms with Crippen molar-refractivity contribution in [1.82, 2.24) is 14.8 Å². The Labute approximate surface area is 128 Å². The molecule has 1 fully saturated rings. The summed E-state index contributed by atoms with van der Waals surface area (Å²) in [7, 11) is 0. The van der Waals surface area contributed by atoms with Gasteiger partial charge >= 0.3 is 0 Å². The zero-order valence-corrected chi connectivity index (χ0v) is 13.6. The molecule has 118 valence electrons. The lowest BCUT2D eigenvalue weighted by atomic mass is 9.97. The van der Waals surface area contributed by atoms with E-state index in [0.29, 0.717) is 12.0 Å². The highest BCUT2D eigenvalue weighted by molar-refractivity contribution is 5.92. The van der Waals surface area contributed by atoms with Gasteiger partial charge in [-0.25, -0.2) is 0 Å². The number of piperidine rings is 1. The molecule has 1 aromatic heterocycles. The van der Waals surface area contributed by atoms with Crippen molar-refractivity contribution in [2.75, 3.05) is 26.2 Å². The first-order chi connectivity index (χ1) is 10.1. The summed E-state index contributed by atoms with van der Waals surface area (Å²) in [6, 6.07) is 4.25. The van der Waals surface area contributed by atoms with Crippen molar-refractivity contribution in [2.45, 2.75) is 46.1 Å². The Morgan fingerprint density at radius 2 is 2.14 bits per heavy atom. The van der Waals surface area contributed by atoms with Crippen molar-refractivity contribution < 1.29 is 4.79 Å². The molecule has 2 heterocycles. The van der Waals surface area contributed by atoms with Crippen molar-refractivity contribution in [3.8, 4) is 0 Å². The summed E-state index contributed by atoms with van der Waals surface area (Å²) < 4.78 is 2.08. The normalized spacial score (nSPS) is 16.4. The SMILES string of the molecule is CCCN(CC1CCNCC1)C(=O)c1cccn1C(C)C. The molecule has 2 rings (SSSR count). The molecule has 1 N–H and O–H groups in total. The maximum atomic E-state index is 12.9. The van der Waals surface area contributed by atoms with Crippen LogP contribution in [-0.2, 0) is 0 Å². The Kier molecular flexibility index (Phi) is 5.85. The van der Waals surface area contributed by atoms with Gasteiger partial charge in [0.05, 0.1) is 0 Å². The predicted molar refractivity (Wildman–Crippen MR) is 86.6 cm³/mol. The number of carbonyl (C=O) groups excluding carboxylic acids is 1. The number of rotatable bonds is 6. The average molecular weight is 291 g/mol. The molecule has 4 heteroatoms. The molecule has 21 heavy (non-hydrogen) atoms. The summed E-state index contributed by atoms with van der Waals surface area (Å²) in [6.45, 7) is 10.3. The summed E-state index contributed by atoms with van der Waals surface area (Å²) >= 11 is 0. The van der Waals surface area contributed by atoms with Crippen LogP contribution in [0, 0.1) is 5.92 Å². The number of hydrogen-bond donors (Lipinski definition) is 1. The van der Waals surface area contributed by atoms with Crippen molar-refractivity contribution in [2.24, 2.45) is 5.92 Å². The highest BCUT2D eigenvalue weighted by Crippen LogP contribution is 2.18. The first-order valence-corrected chi connectivity index (χ1v) is 8.30. The van der Waals surface area contributed by atoms with Crippen LogP contribution in [0.4, 0.5) is 0 Å². The van der Waals surface area contributed by atoms with Gasteiger partial charge < -0.3 is 14.8 Å². The molecule has 1 aliphatic rings. The minimum absolute atomic E-state index is 0.189. The van der Waals surface area contributed by atoms with Gasteiger partial charge in [-0.2, -0.15) is 0 Å². The lowest BCUT2D eigenvalue weighted by Crippen LogP contribution is -2.40. The van der Waals surface area contributed by atoms with Crippen molar-refractivity contribution in [3.63, 3.8) is 0 Å². The number of hydrogen-bond acceptors (Lipinski definition) is 2. The standard InChI is InChI=1S/C17H29N3O/c1-4-11-19(13-15-7-9-18-10-8-15)17(21)16-6-5-12-20(16)14(2)3/h5-6,12,14-15,18H,4,7-11,13H2,1-3H3. The van der Waals surface area contributed by atoms with E-state index in [9.17, 15) is 4.79 Å². The van der Waals surface area contributed by atoms with Gasteiger partial charge in [0.25, 0.3) is 5.91 Å². The topological polar surface area (TPSA) is 37.3 Å². The molecule has 1 amide bonds. The van der Waals surface area contributed by atoms with Crippen molar-refractivity contribution in [3.05, 3.63) is 24.0 Å². The maximum Gasteiger partial charge on any atom is 0.270 e. The lowest BCUT2D eigenvalue weighted by Gasteiger charge is -2.30. The first-order valence-electron chi connectivity index (χ1n) is 8.30. The Hall–Kier alpha value is -1.29. The van der Waals surface area contributed by atoms with Crippen LogP contribution in [0.1, 0.15) is 56.6 Å². The van der Waals surface area contributed by atoms with Crippen molar-refractivity contribution in [1.29, 1.82) is 0 Å². The third-order valence-electron chi connectivity index (χ3n) is 4.27. The fraction of sp³-hybridized carbons (Fsp3) is 0.706. The van der Waals surface area contributed by atoms with Gasteiger partial charge in [0.15, 0.2) is 0 Å². The van der Waals surface area contributed by atoms with E-state index < -0.39 is 0 Å². The molecule has 4 nitrogen and oxygen atoms in total. The molecule has 0 spiro atoms. The molecular weight excluding hydrogens is 262 g/mol. The second-order valence-electron chi connectivity index (χ2n) is 6.34. The second-order valence-corrected chi connectivity index (χ2v) is 6.34. The van der Waals surface area contributed by atoms with E-state index in [0.717, 1.165) is 38.3 Å². The Morgan fingerprint density at radius 1 is 1.43 bits per heavy atom. The van der Waals surface area contributed by atoms with E-state index in [-0.39, 0.29) is 5.91 Å². The molecule has 0 atom stereocenters. The zero-order chi connectivity index (χ0) is 15.2. The van der Waals surface area contributed by atoms with Gasteiger partial charge in [0, 0.05) is 25.3 Å². The van der Waals surface area contributed by atoms with Gasteiger partial charge in [0.2, 0.25) is 0 Å². The summed E-state index contributed by atoms with van der Waals surface area (Å²) in [5.74, 6) is 0.832. The van der Waals surface area contributed by atoms with Crippen LogP contribution >= 0.6 is 0 Å². The van der Waals surface area contributed by atoms with Crippen LogP contribution in [0.15, 0.2) is 18.3 Å². The molecular formula is C17H29N3O. The van der Waals surface area contributed by atoms with Gasteiger partial charge in [-0.15, -0.1) is 0 Å². The fourth-order valence-corrected chi connectivity index (χ4v) is 3.11. The molecule has 0 bridgehead atoms. The molecule has 1 saturated heterocycles. The second kappa shape index (κ2) is 7.64. The van der Waals surface area contributed by atoms with E-state index in [4.69, 9.17) is 0 Å².